The zero-order valence-corrected chi connectivity index (χ0v) is 15.0. The Bertz CT molecular complexity index is 843. The summed E-state index contributed by atoms with van der Waals surface area (Å²) in [7, 11) is 0. The first kappa shape index (κ1) is 19.6. The Labute approximate surface area is 158 Å². The number of nitrogens with zero attached hydrogens (tertiary/aromatic N) is 4. The first-order chi connectivity index (χ1) is 13.3. The van der Waals surface area contributed by atoms with Crippen LogP contribution in [0.2, 0.25) is 0 Å². The van der Waals surface area contributed by atoms with Gasteiger partial charge in [0, 0.05) is 19.6 Å². The van der Waals surface area contributed by atoms with Crippen molar-refractivity contribution >= 4 is 17.8 Å². The number of rotatable bonds is 5. The number of anilines is 1. The lowest BCUT2D eigenvalue weighted by atomic mass is 10.00. The summed E-state index contributed by atoms with van der Waals surface area (Å²) in [6.07, 6.45) is -2.90. The van der Waals surface area contributed by atoms with Crippen LogP contribution >= 0.6 is 0 Å². The molecule has 28 heavy (non-hydrogen) atoms. The minimum Gasteiger partial charge on any atom is -0.356 e. The van der Waals surface area contributed by atoms with Crippen molar-refractivity contribution in [2.75, 3.05) is 25.0 Å². The molecule has 11 heteroatoms. The highest BCUT2D eigenvalue weighted by atomic mass is 19.4. The Morgan fingerprint density at radius 2 is 1.89 bits per heavy atom. The maximum absolute atomic E-state index is 12.6. The van der Waals surface area contributed by atoms with E-state index in [0.29, 0.717) is 25.2 Å². The maximum atomic E-state index is 12.6. The summed E-state index contributed by atoms with van der Waals surface area (Å²) in [5.74, 6) is -0.0616. The van der Waals surface area contributed by atoms with Crippen molar-refractivity contribution in [3.8, 4) is 0 Å². The maximum Gasteiger partial charge on any atom is 0.416 e. The molecule has 2 heterocycles. The number of carbonyl (C=O) groups excluding carboxylic acids is 2. The number of carbonyl (C=O) groups is 2. The number of urea groups is 1. The van der Waals surface area contributed by atoms with Gasteiger partial charge in [-0.2, -0.15) is 13.2 Å². The molecule has 2 aromatic rings. The Hall–Kier alpha value is -3.11. The Morgan fingerprint density at radius 3 is 2.50 bits per heavy atom. The van der Waals surface area contributed by atoms with Crippen LogP contribution in [0.4, 0.5) is 23.8 Å². The number of hydrogen-bond acceptors (Lipinski definition) is 4. The van der Waals surface area contributed by atoms with Crippen LogP contribution in [-0.2, 0) is 17.5 Å². The van der Waals surface area contributed by atoms with Crippen LogP contribution in [0.25, 0.3) is 0 Å². The molecule has 1 aliphatic rings. The van der Waals surface area contributed by atoms with E-state index in [2.05, 4.69) is 20.9 Å². The van der Waals surface area contributed by atoms with Gasteiger partial charge in [-0.25, -0.2) is 9.48 Å². The van der Waals surface area contributed by atoms with Gasteiger partial charge in [-0.15, -0.1) is 5.10 Å². The zero-order valence-electron chi connectivity index (χ0n) is 15.0. The Morgan fingerprint density at radius 1 is 1.21 bits per heavy atom. The average molecular weight is 396 g/mol. The van der Waals surface area contributed by atoms with E-state index in [1.807, 2.05) is 6.92 Å². The summed E-state index contributed by atoms with van der Waals surface area (Å²) in [5, 5.41) is 13.0. The molecule has 3 rings (SSSR count). The summed E-state index contributed by atoms with van der Waals surface area (Å²) in [4.78, 5) is 25.2. The van der Waals surface area contributed by atoms with E-state index in [1.54, 1.807) is 0 Å². The number of nitrogens with one attached hydrogen (secondary N) is 2. The van der Waals surface area contributed by atoms with E-state index in [-0.39, 0.29) is 30.2 Å². The first-order valence-corrected chi connectivity index (χ1v) is 8.66. The van der Waals surface area contributed by atoms with Gasteiger partial charge in [0.1, 0.15) is 0 Å². The standard InChI is InChI=1S/C17H19F3N6O2/c1-2-21-15(27)12-8-25(9-12)16(28)22-14-10-26(24-23-14)7-11-3-5-13(6-4-11)17(18,19)20/h3-6,10,12H,2,7-9H2,1H3,(H,21,27)(H,22,28). The molecule has 8 nitrogen and oxygen atoms in total. The molecule has 0 bridgehead atoms. The number of hydrogen-bond donors (Lipinski definition) is 2. The summed E-state index contributed by atoms with van der Waals surface area (Å²) >= 11 is 0. The highest BCUT2D eigenvalue weighted by Crippen LogP contribution is 2.29. The fourth-order valence-corrected chi connectivity index (χ4v) is 2.74. The lowest BCUT2D eigenvalue weighted by molar-refractivity contribution is -0.137. The molecule has 0 spiro atoms. The second-order valence-electron chi connectivity index (χ2n) is 6.42. The fraction of sp³-hybridized carbons (Fsp3) is 0.412. The predicted octanol–water partition coefficient (Wildman–Crippen LogP) is 1.94. The molecule has 1 aromatic heterocycles. The van der Waals surface area contributed by atoms with E-state index >= 15 is 0 Å². The molecule has 0 saturated carbocycles. The number of halogens is 3. The van der Waals surface area contributed by atoms with E-state index in [9.17, 15) is 22.8 Å². The van der Waals surface area contributed by atoms with E-state index in [0.717, 1.165) is 12.1 Å². The summed E-state index contributed by atoms with van der Waals surface area (Å²) in [6.45, 7) is 3.25. The Balaban J connectivity index is 1.51. The SMILES string of the molecule is CCNC(=O)C1CN(C(=O)Nc2cn(Cc3ccc(C(F)(F)F)cc3)nn2)C1. The molecule has 1 fully saturated rings. The van der Waals surface area contributed by atoms with Crippen LogP contribution in [0, 0.1) is 5.92 Å². The third-order valence-corrected chi connectivity index (χ3v) is 4.29. The van der Waals surface area contributed by atoms with Gasteiger partial charge in [0.05, 0.1) is 24.2 Å². The molecular weight excluding hydrogens is 377 g/mol. The van der Waals surface area contributed by atoms with Gasteiger partial charge in [0.25, 0.3) is 0 Å². The summed E-state index contributed by atoms with van der Waals surface area (Å²) in [5.41, 5.74) is -0.105. The topological polar surface area (TPSA) is 92.2 Å². The molecular formula is C17H19F3N6O2. The smallest absolute Gasteiger partial charge is 0.356 e. The second-order valence-corrected chi connectivity index (χ2v) is 6.42. The molecule has 150 valence electrons. The van der Waals surface area contributed by atoms with Gasteiger partial charge in [-0.05, 0) is 24.6 Å². The molecule has 0 unspecified atom stereocenters. The number of benzene rings is 1. The van der Waals surface area contributed by atoms with Gasteiger partial charge in [0.2, 0.25) is 5.91 Å². The van der Waals surface area contributed by atoms with Crippen LogP contribution in [0.1, 0.15) is 18.1 Å². The highest BCUT2D eigenvalue weighted by molar-refractivity contribution is 5.90. The monoisotopic (exact) mass is 396 g/mol. The minimum absolute atomic E-state index is 0.0750. The van der Waals surface area contributed by atoms with Crippen molar-refractivity contribution in [2.24, 2.45) is 5.92 Å². The average Bonchev–Trinajstić information content (AvgIpc) is 3.00. The predicted molar refractivity (Wildman–Crippen MR) is 93.3 cm³/mol. The zero-order chi connectivity index (χ0) is 20.3. The number of amides is 3. The van der Waals surface area contributed by atoms with Gasteiger partial charge in [-0.3, -0.25) is 10.1 Å². The lowest BCUT2D eigenvalue weighted by Gasteiger charge is -2.37. The van der Waals surface area contributed by atoms with Gasteiger partial charge >= 0.3 is 12.2 Å². The van der Waals surface area contributed by atoms with Gasteiger partial charge in [-0.1, -0.05) is 17.3 Å². The van der Waals surface area contributed by atoms with Crippen LogP contribution < -0.4 is 10.6 Å². The van der Waals surface area contributed by atoms with Crippen molar-refractivity contribution in [3.05, 3.63) is 41.6 Å². The molecule has 0 aliphatic carbocycles. The number of likely N-dealkylation sites (tertiary alicyclic amines) is 1. The first-order valence-electron chi connectivity index (χ1n) is 8.66. The van der Waals surface area contributed by atoms with Crippen molar-refractivity contribution in [1.29, 1.82) is 0 Å². The van der Waals surface area contributed by atoms with Gasteiger partial charge in [0.15, 0.2) is 5.82 Å². The quantitative estimate of drug-likeness (QED) is 0.808. The highest BCUT2D eigenvalue weighted by Gasteiger charge is 2.35. The fourth-order valence-electron chi connectivity index (χ4n) is 2.74. The van der Waals surface area contributed by atoms with E-state index in [4.69, 9.17) is 0 Å². The minimum atomic E-state index is -4.38. The van der Waals surface area contributed by atoms with Crippen LogP contribution in [0.5, 0.6) is 0 Å². The molecule has 0 atom stereocenters. The van der Waals surface area contributed by atoms with Crippen LogP contribution in [0.15, 0.2) is 30.5 Å². The van der Waals surface area contributed by atoms with Gasteiger partial charge < -0.3 is 10.2 Å². The third-order valence-electron chi connectivity index (χ3n) is 4.29. The summed E-state index contributed by atoms with van der Waals surface area (Å²) in [6, 6.07) is 4.35. The molecule has 0 radical (unpaired) electrons. The number of aromatic nitrogens is 3. The van der Waals surface area contributed by atoms with Crippen molar-refractivity contribution < 1.29 is 22.8 Å². The molecule has 3 amide bonds. The second kappa shape index (κ2) is 7.87. The molecule has 1 aliphatic heterocycles. The lowest BCUT2D eigenvalue weighted by Crippen LogP contribution is -2.56. The van der Waals surface area contributed by atoms with Crippen LogP contribution in [0.3, 0.4) is 0 Å². The van der Waals surface area contributed by atoms with Crippen molar-refractivity contribution in [1.82, 2.24) is 25.2 Å². The molecule has 1 aromatic carbocycles. The number of alkyl halides is 3. The Kier molecular flexibility index (Phi) is 5.52. The normalized spacial score (nSPS) is 14.5. The van der Waals surface area contributed by atoms with E-state index in [1.165, 1.54) is 27.9 Å². The largest absolute Gasteiger partial charge is 0.416 e. The summed E-state index contributed by atoms with van der Waals surface area (Å²) < 4.78 is 39.2. The van der Waals surface area contributed by atoms with Crippen molar-refractivity contribution in [2.45, 2.75) is 19.6 Å². The van der Waals surface area contributed by atoms with Crippen molar-refractivity contribution in [3.63, 3.8) is 0 Å². The molecule has 2 N–H and O–H groups in total. The molecule has 1 saturated heterocycles. The van der Waals surface area contributed by atoms with E-state index < -0.39 is 11.7 Å². The van der Waals surface area contributed by atoms with Crippen LogP contribution in [-0.4, -0.2) is 51.5 Å². The third kappa shape index (κ3) is 4.59.